The Morgan fingerprint density at radius 2 is 1.95 bits per heavy atom. The zero-order chi connectivity index (χ0) is 15.0. The molecular formula is C19H30N2. The van der Waals surface area contributed by atoms with Crippen molar-refractivity contribution >= 4 is 5.69 Å². The first-order valence-corrected chi connectivity index (χ1v) is 8.51. The van der Waals surface area contributed by atoms with E-state index in [2.05, 4.69) is 56.1 Å². The van der Waals surface area contributed by atoms with Gasteiger partial charge in [-0.3, -0.25) is 0 Å². The SMILES string of the molecule is Cc1cc(CNC2CC2)ccc1N1CCC(C(C)(C)C)C1. The van der Waals surface area contributed by atoms with Crippen molar-refractivity contribution in [2.24, 2.45) is 11.3 Å². The topological polar surface area (TPSA) is 15.3 Å². The molecule has 3 rings (SSSR count). The second kappa shape index (κ2) is 5.64. The molecule has 2 heteroatoms. The Morgan fingerprint density at radius 3 is 2.52 bits per heavy atom. The predicted octanol–water partition coefficient (Wildman–Crippen LogP) is 4.12. The summed E-state index contributed by atoms with van der Waals surface area (Å²) in [5, 5.41) is 3.60. The fourth-order valence-corrected chi connectivity index (χ4v) is 3.42. The highest BCUT2D eigenvalue weighted by molar-refractivity contribution is 5.55. The van der Waals surface area contributed by atoms with E-state index in [1.54, 1.807) is 0 Å². The van der Waals surface area contributed by atoms with Gasteiger partial charge in [0.1, 0.15) is 0 Å². The molecule has 0 aromatic heterocycles. The molecule has 1 aromatic carbocycles. The molecule has 1 aliphatic heterocycles. The quantitative estimate of drug-likeness (QED) is 0.895. The first kappa shape index (κ1) is 14.9. The van der Waals surface area contributed by atoms with Crippen molar-refractivity contribution in [1.29, 1.82) is 0 Å². The fourth-order valence-electron chi connectivity index (χ4n) is 3.42. The van der Waals surface area contributed by atoms with Crippen molar-refractivity contribution in [2.75, 3.05) is 18.0 Å². The average molecular weight is 286 g/mol. The van der Waals surface area contributed by atoms with Crippen LogP contribution in [0.25, 0.3) is 0 Å². The molecule has 2 fully saturated rings. The van der Waals surface area contributed by atoms with E-state index in [-0.39, 0.29) is 0 Å². The van der Waals surface area contributed by atoms with Gasteiger partial charge in [-0.1, -0.05) is 32.9 Å². The van der Waals surface area contributed by atoms with Crippen LogP contribution in [0.5, 0.6) is 0 Å². The summed E-state index contributed by atoms with van der Waals surface area (Å²) >= 11 is 0. The number of hydrogen-bond donors (Lipinski definition) is 1. The molecule has 1 saturated heterocycles. The molecule has 0 radical (unpaired) electrons. The maximum absolute atomic E-state index is 3.60. The third-order valence-electron chi connectivity index (χ3n) is 5.19. The minimum Gasteiger partial charge on any atom is -0.371 e. The molecule has 1 saturated carbocycles. The van der Waals surface area contributed by atoms with Gasteiger partial charge in [0.2, 0.25) is 0 Å². The number of rotatable bonds is 4. The zero-order valence-corrected chi connectivity index (χ0v) is 14.1. The minimum atomic E-state index is 0.427. The van der Waals surface area contributed by atoms with E-state index >= 15 is 0 Å². The summed E-state index contributed by atoms with van der Waals surface area (Å²) in [5.74, 6) is 0.813. The molecule has 21 heavy (non-hydrogen) atoms. The summed E-state index contributed by atoms with van der Waals surface area (Å²) in [6.07, 6.45) is 4.05. The van der Waals surface area contributed by atoms with E-state index in [1.807, 2.05) is 0 Å². The van der Waals surface area contributed by atoms with E-state index in [0.717, 1.165) is 18.5 Å². The summed E-state index contributed by atoms with van der Waals surface area (Å²) in [4.78, 5) is 2.59. The molecule has 1 N–H and O–H groups in total. The van der Waals surface area contributed by atoms with Crippen LogP contribution in [-0.2, 0) is 6.54 Å². The average Bonchev–Trinajstić information content (AvgIpc) is 3.10. The third-order valence-corrected chi connectivity index (χ3v) is 5.19. The molecular weight excluding hydrogens is 256 g/mol. The smallest absolute Gasteiger partial charge is 0.0396 e. The van der Waals surface area contributed by atoms with E-state index in [1.165, 1.54) is 49.2 Å². The molecule has 0 bridgehead atoms. The highest BCUT2D eigenvalue weighted by Gasteiger charge is 2.32. The van der Waals surface area contributed by atoms with Crippen LogP contribution in [0.3, 0.4) is 0 Å². The Kier molecular flexibility index (Phi) is 4.00. The monoisotopic (exact) mass is 286 g/mol. The maximum atomic E-state index is 3.60. The lowest BCUT2D eigenvalue weighted by Gasteiger charge is -2.28. The van der Waals surface area contributed by atoms with Gasteiger partial charge in [-0.25, -0.2) is 0 Å². The highest BCUT2D eigenvalue weighted by Crippen LogP contribution is 2.36. The Morgan fingerprint density at radius 1 is 1.19 bits per heavy atom. The molecule has 1 atom stereocenters. The summed E-state index contributed by atoms with van der Waals surface area (Å²) in [5.41, 5.74) is 4.72. The van der Waals surface area contributed by atoms with Gasteiger partial charge >= 0.3 is 0 Å². The summed E-state index contributed by atoms with van der Waals surface area (Å²) < 4.78 is 0. The van der Waals surface area contributed by atoms with Crippen molar-refractivity contribution < 1.29 is 0 Å². The van der Waals surface area contributed by atoms with Crippen LogP contribution in [0.15, 0.2) is 18.2 Å². The summed E-state index contributed by atoms with van der Waals surface area (Å²) in [6.45, 7) is 12.8. The zero-order valence-electron chi connectivity index (χ0n) is 14.1. The largest absolute Gasteiger partial charge is 0.371 e. The first-order chi connectivity index (χ1) is 9.93. The van der Waals surface area contributed by atoms with Gasteiger partial charge < -0.3 is 10.2 Å². The summed E-state index contributed by atoms with van der Waals surface area (Å²) in [6, 6.07) is 7.80. The van der Waals surface area contributed by atoms with Crippen LogP contribution >= 0.6 is 0 Å². The van der Waals surface area contributed by atoms with Crippen LogP contribution in [0, 0.1) is 18.3 Å². The van der Waals surface area contributed by atoms with E-state index in [4.69, 9.17) is 0 Å². The minimum absolute atomic E-state index is 0.427. The number of hydrogen-bond acceptors (Lipinski definition) is 2. The molecule has 1 unspecified atom stereocenters. The lowest BCUT2D eigenvalue weighted by molar-refractivity contribution is 0.263. The third kappa shape index (κ3) is 3.60. The van der Waals surface area contributed by atoms with Crippen LogP contribution in [0.2, 0.25) is 0 Å². The maximum Gasteiger partial charge on any atom is 0.0396 e. The van der Waals surface area contributed by atoms with Crippen molar-refractivity contribution in [3.05, 3.63) is 29.3 Å². The molecule has 0 spiro atoms. The predicted molar refractivity (Wildman–Crippen MR) is 90.8 cm³/mol. The second-order valence-corrected chi connectivity index (χ2v) is 8.07. The van der Waals surface area contributed by atoms with E-state index in [9.17, 15) is 0 Å². The van der Waals surface area contributed by atoms with E-state index in [0.29, 0.717) is 5.41 Å². The normalized spacial score (nSPS) is 22.9. The van der Waals surface area contributed by atoms with Crippen molar-refractivity contribution in [3.8, 4) is 0 Å². The van der Waals surface area contributed by atoms with Gasteiger partial charge in [0.15, 0.2) is 0 Å². The van der Waals surface area contributed by atoms with Gasteiger partial charge in [-0.2, -0.15) is 0 Å². The number of nitrogens with one attached hydrogen (secondary N) is 1. The Hall–Kier alpha value is -1.02. The molecule has 1 aromatic rings. The van der Waals surface area contributed by atoms with Crippen LogP contribution in [-0.4, -0.2) is 19.1 Å². The lowest BCUT2D eigenvalue weighted by atomic mass is 9.80. The van der Waals surface area contributed by atoms with Gasteiger partial charge in [-0.15, -0.1) is 0 Å². The van der Waals surface area contributed by atoms with E-state index < -0.39 is 0 Å². The lowest BCUT2D eigenvalue weighted by Crippen LogP contribution is -2.26. The highest BCUT2D eigenvalue weighted by atomic mass is 15.2. The van der Waals surface area contributed by atoms with Crippen LogP contribution in [0.1, 0.15) is 51.2 Å². The van der Waals surface area contributed by atoms with Crippen molar-refractivity contribution in [1.82, 2.24) is 5.32 Å². The molecule has 1 aliphatic carbocycles. The molecule has 0 amide bonds. The van der Waals surface area contributed by atoms with Crippen LogP contribution < -0.4 is 10.2 Å². The van der Waals surface area contributed by atoms with Gasteiger partial charge in [0.25, 0.3) is 0 Å². The fraction of sp³-hybridized carbons (Fsp3) is 0.684. The van der Waals surface area contributed by atoms with Gasteiger partial charge in [0, 0.05) is 31.4 Å². The molecule has 2 nitrogen and oxygen atoms in total. The standard InChI is InChI=1S/C19H30N2/c1-14-11-15(12-20-17-6-7-17)5-8-18(14)21-10-9-16(13-21)19(2,3)4/h5,8,11,16-17,20H,6-7,9-10,12-13H2,1-4H3. The van der Waals surface area contributed by atoms with Crippen molar-refractivity contribution in [2.45, 2.75) is 59.5 Å². The van der Waals surface area contributed by atoms with Gasteiger partial charge in [-0.05, 0) is 54.7 Å². The summed E-state index contributed by atoms with van der Waals surface area (Å²) in [7, 11) is 0. The Labute approximate surface area is 129 Å². The second-order valence-electron chi connectivity index (χ2n) is 8.07. The number of aryl methyl sites for hydroxylation is 1. The van der Waals surface area contributed by atoms with Gasteiger partial charge in [0.05, 0.1) is 0 Å². The Bertz CT molecular complexity index is 497. The van der Waals surface area contributed by atoms with Crippen molar-refractivity contribution in [3.63, 3.8) is 0 Å². The number of nitrogens with zero attached hydrogens (tertiary/aromatic N) is 1. The Balaban J connectivity index is 1.65. The molecule has 2 aliphatic rings. The molecule has 1 heterocycles. The molecule has 116 valence electrons. The first-order valence-electron chi connectivity index (χ1n) is 8.51. The number of anilines is 1. The van der Waals surface area contributed by atoms with Crippen LogP contribution in [0.4, 0.5) is 5.69 Å². The number of benzene rings is 1.